The lowest BCUT2D eigenvalue weighted by atomic mass is 10.3. The number of rotatable bonds is 25. The number of ether oxygens (including phenoxy) is 1. The molecule has 0 aromatic heterocycles. The fraction of sp³-hybridized carbons (Fsp3) is 1.00. The van der Waals surface area contributed by atoms with Gasteiger partial charge in [0.05, 0.1) is 12.7 Å². The first-order valence-corrected chi connectivity index (χ1v) is 20.1. The lowest BCUT2D eigenvalue weighted by Gasteiger charge is -2.18. The number of aliphatic hydroxyl groups is 1. The molecule has 0 bridgehead atoms. The van der Waals surface area contributed by atoms with E-state index in [1.54, 1.807) is 0 Å². The van der Waals surface area contributed by atoms with E-state index in [4.69, 9.17) is 16.2 Å². The first-order chi connectivity index (χ1) is 22.8. The highest BCUT2D eigenvalue weighted by atomic mass is 32.1. The molecule has 0 aromatic carbocycles. The van der Waals surface area contributed by atoms with Crippen molar-refractivity contribution in [2.24, 2.45) is 11.5 Å². The van der Waals surface area contributed by atoms with Crippen LogP contribution in [0.2, 0.25) is 0 Å². The molecule has 0 heterocycles. The highest BCUT2D eigenvalue weighted by Crippen LogP contribution is 1.93. The lowest BCUT2D eigenvalue weighted by molar-refractivity contribution is 0.0233. The summed E-state index contributed by atoms with van der Waals surface area (Å²) in [5.74, 6) is 1.04. The third kappa shape index (κ3) is 91.0. The van der Waals surface area contributed by atoms with Crippen molar-refractivity contribution in [1.29, 1.82) is 0 Å². The third-order valence-electron chi connectivity index (χ3n) is 6.41. The van der Waals surface area contributed by atoms with Crippen LogP contribution in [-0.4, -0.2) is 158 Å². The van der Waals surface area contributed by atoms with Gasteiger partial charge >= 0.3 is 0 Å². The summed E-state index contributed by atoms with van der Waals surface area (Å²) < 4.78 is 5.26. The van der Waals surface area contributed by atoms with Crippen LogP contribution >= 0.6 is 12.6 Å². The zero-order valence-corrected chi connectivity index (χ0v) is 36.2. The first-order valence-electron chi connectivity index (χ1n) is 19.4. The second kappa shape index (κ2) is 59.2. The predicted molar refractivity (Wildman–Crippen MR) is 224 cm³/mol. The van der Waals surface area contributed by atoms with Gasteiger partial charge < -0.3 is 46.2 Å². The van der Waals surface area contributed by atoms with Crippen molar-refractivity contribution in [2.75, 3.05) is 127 Å². The third-order valence-corrected chi connectivity index (χ3v) is 6.72. The second-order valence-electron chi connectivity index (χ2n) is 13.1. The van der Waals surface area contributed by atoms with Gasteiger partial charge in [-0.1, -0.05) is 80.1 Å². The number of thiol groups is 1. The van der Waals surface area contributed by atoms with Crippen molar-refractivity contribution in [1.82, 2.24) is 24.9 Å². The van der Waals surface area contributed by atoms with Crippen molar-refractivity contribution in [3.63, 3.8) is 0 Å². The van der Waals surface area contributed by atoms with E-state index in [2.05, 4.69) is 109 Å². The molecule has 0 radical (unpaired) electrons. The van der Waals surface area contributed by atoms with Gasteiger partial charge in [-0.3, -0.25) is 0 Å². The molecule has 0 rings (SSSR count). The summed E-state index contributed by atoms with van der Waals surface area (Å²) in [6.07, 6.45) is 14.6. The summed E-state index contributed by atoms with van der Waals surface area (Å²) in [7, 11) is 14.5. The summed E-state index contributed by atoms with van der Waals surface area (Å²) in [5.41, 5.74) is 10.4. The van der Waals surface area contributed by atoms with Crippen molar-refractivity contribution in [3.05, 3.63) is 0 Å². The van der Waals surface area contributed by atoms with Crippen LogP contribution in [0.5, 0.6) is 0 Å². The number of unbranched alkanes of at least 4 members (excludes halogenated alkanes) is 6. The van der Waals surface area contributed by atoms with Gasteiger partial charge in [-0.15, -0.1) is 0 Å². The van der Waals surface area contributed by atoms with Crippen LogP contribution in [0, 0.1) is 0 Å². The second-order valence-corrected chi connectivity index (χ2v) is 13.5. The number of hydrogen-bond acceptors (Lipinski definition) is 10. The van der Waals surface area contributed by atoms with E-state index in [1.165, 1.54) is 90.4 Å². The van der Waals surface area contributed by atoms with Gasteiger partial charge in [0.15, 0.2) is 0 Å². The minimum absolute atomic E-state index is 0.350. The number of nitrogens with zero attached hydrogens (tertiary/aromatic N) is 4. The van der Waals surface area contributed by atoms with E-state index < -0.39 is 0 Å². The monoisotopic (exact) mass is 714 g/mol. The molecule has 0 fully saturated rings. The first kappa shape index (κ1) is 60.1. The minimum atomic E-state index is -0.350. The van der Waals surface area contributed by atoms with E-state index in [0.717, 1.165) is 51.4 Å². The van der Waals surface area contributed by atoms with E-state index in [1.807, 2.05) is 19.0 Å². The Morgan fingerprint density at radius 3 is 1.42 bits per heavy atom. The van der Waals surface area contributed by atoms with E-state index >= 15 is 0 Å². The van der Waals surface area contributed by atoms with Crippen LogP contribution in [0.4, 0.5) is 0 Å². The molecule has 48 heavy (non-hydrogen) atoms. The van der Waals surface area contributed by atoms with Crippen molar-refractivity contribution >= 4 is 12.6 Å². The molecule has 0 saturated heterocycles. The predicted octanol–water partition coefficient (Wildman–Crippen LogP) is 6.15. The van der Waals surface area contributed by atoms with Gasteiger partial charge in [0.2, 0.25) is 0 Å². The zero-order chi connectivity index (χ0) is 38.3. The maximum atomic E-state index is 9.35. The number of hydrogen-bond donors (Lipinski definition) is 5. The Bertz CT molecular complexity index is 464. The quantitative estimate of drug-likeness (QED) is 0.0563. The number of aliphatic hydroxyl groups excluding tert-OH is 1. The smallest absolute Gasteiger partial charge is 0.0899 e. The maximum absolute atomic E-state index is 9.35. The fourth-order valence-electron chi connectivity index (χ4n) is 3.22. The topological polar surface area (TPSA) is 106 Å². The van der Waals surface area contributed by atoms with Gasteiger partial charge in [-0.2, -0.15) is 12.6 Å². The van der Waals surface area contributed by atoms with Crippen molar-refractivity contribution in [2.45, 2.75) is 125 Å². The Kier molecular flexibility index (Phi) is 74.1. The fourth-order valence-corrected chi connectivity index (χ4v) is 3.53. The van der Waals surface area contributed by atoms with Gasteiger partial charge in [-0.05, 0) is 120 Å². The van der Waals surface area contributed by atoms with Gasteiger partial charge in [0, 0.05) is 39.3 Å². The molecule has 0 amide bonds. The van der Waals surface area contributed by atoms with Crippen molar-refractivity contribution in [3.8, 4) is 0 Å². The minimum Gasteiger partial charge on any atom is -0.389 e. The normalized spacial score (nSPS) is 10.9. The van der Waals surface area contributed by atoms with Crippen LogP contribution in [0.15, 0.2) is 0 Å². The highest BCUT2D eigenvalue weighted by molar-refractivity contribution is 7.80. The molecule has 0 aliphatic carbocycles. The summed E-state index contributed by atoms with van der Waals surface area (Å²) in [5, 5.41) is 12.6. The lowest BCUT2D eigenvalue weighted by Crippen LogP contribution is -2.29. The largest absolute Gasteiger partial charge is 0.389 e. The molecule has 1 unspecified atom stereocenters. The molecule has 10 heteroatoms. The standard InChI is InChI=1S/C9H22N2.C9H21NO2.C6H16N2.C6H15N.C4H11N.C4H10S/c1-5-6-7-11(4)9-8-10(2)3;1-4-5-6-12-8-9(11)7-10(2)3;1-2-3-5-8-6-4-7;1-4-5-6-7(2)3;2*1-2-3-4-5/h5-9H2,1-4H3;9,11H,4-8H2,1-3H3;8H,2-7H2,1H3;4-6H2,1-3H3;2-5H2,1H3;5H,2-4H2,1H3. The summed E-state index contributed by atoms with van der Waals surface area (Å²) in [6, 6.07) is 0. The van der Waals surface area contributed by atoms with Crippen LogP contribution in [0.25, 0.3) is 0 Å². The summed E-state index contributed by atoms with van der Waals surface area (Å²) in [4.78, 5) is 8.78. The van der Waals surface area contributed by atoms with E-state index in [0.29, 0.717) is 13.2 Å². The molecule has 6 N–H and O–H groups in total. The van der Waals surface area contributed by atoms with Crippen molar-refractivity contribution < 1.29 is 9.84 Å². The SMILES string of the molecule is CCCCN.CCCCN(C)C.CCCCN(C)CCN(C)C.CCCCNCCN.CCCCOCC(O)CN(C)C.CCCCS. The van der Waals surface area contributed by atoms with E-state index in [9.17, 15) is 5.11 Å². The molecule has 0 aliphatic heterocycles. The highest BCUT2D eigenvalue weighted by Gasteiger charge is 2.04. The van der Waals surface area contributed by atoms with Gasteiger partial charge in [0.25, 0.3) is 0 Å². The summed E-state index contributed by atoms with van der Waals surface area (Å²) in [6.45, 7) is 23.4. The Morgan fingerprint density at radius 2 is 1.08 bits per heavy atom. The molecule has 9 nitrogen and oxygen atoms in total. The molecular formula is C38H95N7O2S. The van der Waals surface area contributed by atoms with Gasteiger partial charge in [0.1, 0.15) is 0 Å². The Morgan fingerprint density at radius 1 is 0.583 bits per heavy atom. The van der Waals surface area contributed by atoms with Crippen LogP contribution in [0.3, 0.4) is 0 Å². The zero-order valence-electron chi connectivity index (χ0n) is 35.3. The van der Waals surface area contributed by atoms with E-state index in [-0.39, 0.29) is 6.10 Å². The number of likely N-dealkylation sites (N-methyl/N-ethyl adjacent to an activating group) is 3. The maximum Gasteiger partial charge on any atom is 0.0899 e. The Balaban J connectivity index is -0.000000114. The molecule has 0 spiro atoms. The average Bonchev–Trinajstić information content (AvgIpc) is 3.04. The number of nitrogens with two attached hydrogens (primary N) is 2. The Labute approximate surface area is 310 Å². The molecular weight excluding hydrogens is 619 g/mol. The average molecular weight is 714 g/mol. The molecule has 0 saturated carbocycles. The molecule has 0 aromatic rings. The number of nitrogens with one attached hydrogen (secondary N) is 1. The summed E-state index contributed by atoms with van der Waals surface area (Å²) >= 11 is 4.00. The van der Waals surface area contributed by atoms with Crippen LogP contribution in [0.1, 0.15) is 119 Å². The molecule has 0 aliphatic rings. The Hall–Kier alpha value is -0.0100. The molecule has 1 atom stereocenters. The molecule has 300 valence electrons. The van der Waals surface area contributed by atoms with Gasteiger partial charge in [-0.25, -0.2) is 0 Å². The van der Waals surface area contributed by atoms with Crippen LogP contribution in [-0.2, 0) is 4.74 Å². The van der Waals surface area contributed by atoms with Crippen LogP contribution < -0.4 is 16.8 Å².